The summed E-state index contributed by atoms with van der Waals surface area (Å²) in [6.07, 6.45) is -0.913. The first-order valence-corrected chi connectivity index (χ1v) is 6.75. The summed E-state index contributed by atoms with van der Waals surface area (Å²) >= 11 is 0. The van der Waals surface area contributed by atoms with Gasteiger partial charge in [0.05, 0.1) is 13.1 Å². The molecule has 7 heteroatoms. The Labute approximate surface area is 110 Å². The topological polar surface area (TPSA) is 35.6 Å². The molecule has 0 aromatic rings. The van der Waals surface area contributed by atoms with Gasteiger partial charge in [-0.15, -0.1) is 0 Å². The number of nitrogens with one attached hydrogen (secondary N) is 1. The van der Waals surface area contributed by atoms with Gasteiger partial charge in [-0.05, 0) is 32.4 Å². The second-order valence-corrected chi connectivity index (χ2v) is 5.24. The fourth-order valence-corrected chi connectivity index (χ4v) is 2.80. The zero-order valence-electron chi connectivity index (χ0n) is 10.9. The van der Waals surface area contributed by atoms with Gasteiger partial charge >= 0.3 is 6.18 Å². The summed E-state index contributed by atoms with van der Waals surface area (Å²) < 4.78 is 35.9. The number of alkyl halides is 3. The van der Waals surface area contributed by atoms with Gasteiger partial charge < -0.3 is 10.2 Å². The molecule has 1 N–H and O–H groups in total. The number of halogens is 3. The van der Waals surface area contributed by atoms with Crippen molar-refractivity contribution in [1.82, 2.24) is 15.1 Å². The minimum atomic E-state index is -4.26. The van der Waals surface area contributed by atoms with Crippen molar-refractivity contribution in [3.8, 4) is 0 Å². The van der Waals surface area contributed by atoms with E-state index in [9.17, 15) is 18.0 Å². The zero-order valence-corrected chi connectivity index (χ0v) is 10.9. The minimum Gasteiger partial charge on any atom is -0.340 e. The van der Waals surface area contributed by atoms with E-state index in [1.165, 1.54) is 12.8 Å². The van der Waals surface area contributed by atoms with Crippen molar-refractivity contribution in [2.24, 2.45) is 0 Å². The van der Waals surface area contributed by atoms with Crippen molar-refractivity contribution in [3.63, 3.8) is 0 Å². The van der Waals surface area contributed by atoms with Gasteiger partial charge in [0, 0.05) is 19.1 Å². The maximum Gasteiger partial charge on any atom is 0.401 e. The third-order valence-corrected chi connectivity index (χ3v) is 3.77. The van der Waals surface area contributed by atoms with Crippen LogP contribution in [0.5, 0.6) is 0 Å². The van der Waals surface area contributed by atoms with Crippen molar-refractivity contribution in [2.45, 2.75) is 31.5 Å². The van der Waals surface area contributed by atoms with Gasteiger partial charge in [0.15, 0.2) is 0 Å². The predicted octanol–water partition coefficient (Wildman–Crippen LogP) is 0.835. The average Bonchev–Trinajstić information content (AvgIpc) is 2.98. The summed E-state index contributed by atoms with van der Waals surface area (Å²) in [4.78, 5) is 15.8. The molecule has 2 saturated heterocycles. The molecule has 110 valence electrons. The Kier molecular flexibility index (Phi) is 4.67. The molecule has 1 unspecified atom stereocenters. The van der Waals surface area contributed by atoms with Crippen molar-refractivity contribution < 1.29 is 18.0 Å². The standard InChI is InChI=1S/C12H20F3N3O/c13-12(14,15)9-16-7-11(19)18-6-3-10(8-18)17-4-1-2-5-17/h10,16H,1-9H2. The van der Waals surface area contributed by atoms with E-state index in [2.05, 4.69) is 10.2 Å². The molecule has 19 heavy (non-hydrogen) atoms. The lowest BCUT2D eigenvalue weighted by molar-refractivity contribution is -0.133. The van der Waals surface area contributed by atoms with Gasteiger partial charge in [0.25, 0.3) is 0 Å². The molecule has 2 aliphatic heterocycles. The highest BCUT2D eigenvalue weighted by Gasteiger charge is 2.32. The second kappa shape index (κ2) is 6.09. The first-order valence-electron chi connectivity index (χ1n) is 6.75. The highest BCUT2D eigenvalue weighted by atomic mass is 19.4. The summed E-state index contributed by atoms with van der Waals surface area (Å²) in [6.45, 7) is 2.15. The predicted molar refractivity (Wildman–Crippen MR) is 64.7 cm³/mol. The number of amides is 1. The minimum absolute atomic E-state index is 0.230. The fraction of sp³-hybridized carbons (Fsp3) is 0.917. The fourth-order valence-electron chi connectivity index (χ4n) is 2.80. The molecule has 0 aliphatic carbocycles. The van der Waals surface area contributed by atoms with Gasteiger partial charge in [-0.2, -0.15) is 13.2 Å². The number of carbonyl (C=O) groups is 1. The third kappa shape index (κ3) is 4.35. The van der Waals surface area contributed by atoms with Crippen LogP contribution >= 0.6 is 0 Å². The lowest BCUT2D eigenvalue weighted by Gasteiger charge is -2.23. The molecule has 4 nitrogen and oxygen atoms in total. The van der Waals surface area contributed by atoms with Crippen molar-refractivity contribution in [2.75, 3.05) is 39.3 Å². The van der Waals surface area contributed by atoms with E-state index >= 15 is 0 Å². The SMILES string of the molecule is O=C(CNCC(F)(F)F)N1CCC(N2CCCC2)C1. The molecular formula is C12H20F3N3O. The van der Waals surface area contributed by atoms with Gasteiger partial charge in [0.1, 0.15) is 0 Å². The van der Waals surface area contributed by atoms with Crippen LogP contribution in [-0.4, -0.2) is 67.2 Å². The van der Waals surface area contributed by atoms with Crippen LogP contribution < -0.4 is 5.32 Å². The Morgan fingerprint density at radius 2 is 1.89 bits per heavy atom. The third-order valence-electron chi connectivity index (χ3n) is 3.77. The van der Waals surface area contributed by atoms with Gasteiger partial charge in [-0.25, -0.2) is 0 Å². The molecule has 2 heterocycles. The monoisotopic (exact) mass is 279 g/mol. The molecule has 1 amide bonds. The summed E-state index contributed by atoms with van der Waals surface area (Å²) in [5.41, 5.74) is 0. The molecule has 1 atom stereocenters. The van der Waals surface area contributed by atoms with Crippen LogP contribution in [0, 0.1) is 0 Å². The Balaban J connectivity index is 1.69. The molecule has 2 fully saturated rings. The first kappa shape index (κ1) is 14.6. The van der Waals surface area contributed by atoms with E-state index in [1.54, 1.807) is 4.90 Å². The van der Waals surface area contributed by atoms with E-state index in [1.807, 2.05) is 0 Å². The van der Waals surface area contributed by atoms with E-state index in [0.717, 1.165) is 19.5 Å². The van der Waals surface area contributed by atoms with Crippen LogP contribution in [0.2, 0.25) is 0 Å². The number of likely N-dealkylation sites (tertiary alicyclic amines) is 2. The summed E-state index contributed by atoms with van der Waals surface area (Å²) in [5.74, 6) is -0.231. The number of nitrogens with zero attached hydrogens (tertiary/aromatic N) is 2. The molecule has 2 aliphatic rings. The van der Waals surface area contributed by atoms with Crippen molar-refractivity contribution >= 4 is 5.91 Å². The van der Waals surface area contributed by atoms with Crippen LogP contribution in [0.1, 0.15) is 19.3 Å². The number of carbonyl (C=O) groups excluding carboxylic acids is 1. The Morgan fingerprint density at radius 3 is 2.53 bits per heavy atom. The molecule has 0 saturated carbocycles. The van der Waals surface area contributed by atoms with Crippen LogP contribution in [0.3, 0.4) is 0 Å². The quantitative estimate of drug-likeness (QED) is 0.828. The molecular weight excluding hydrogens is 259 g/mol. The number of hydrogen-bond acceptors (Lipinski definition) is 3. The summed E-state index contributed by atoms with van der Waals surface area (Å²) in [7, 11) is 0. The van der Waals surface area contributed by atoms with Crippen LogP contribution in [-0.2, 0) is 4.79 Å². The van der Waals surface area contributed by atoms with E-state index in [-0.39, 0.29) is 12.5 Å². The van der Waals surface area contributed by atoms with Crippen LogP contribution in [0.4, 0.5) is 13.2 Å². The average molecular weight is 279 g/mol. The molecule has 0 radical (unpaired) electrons. The number of rotatable bonds is 4. The summed E-state index contributed by atoms with van der Waals surface area (Å²) in [6, 6.07) is 0.397. The lowest BCUT2D eigenvalue weighted by atomic mass is 10.2. The smallest absolute Gasteiger partial charge is 0.340 e. The normalized spacial score (nSPS) is 25.2. The van der Waals surface area contributed by atoms with Crippen molar-refractivity contribution in [3.05, 3.63) is 0 Å². The highest BCUT2D eigenvalue weighted by molar-refractivity contribution is 5.78. The van der Waals surface area contributed by atoms with Gasteiger partial charge in [-0.1, -0.05) is 0 Å². The first-order chi connectivity index (χ1) is 8.96. The maximum absolute atomic E-state index is 12.0. The van der Waals surface area contributed by atoms with Gasteiger partial charge in [-0.3, -0.25) is 9.69 Å². The summed E-state index contributed by atoms with van der Waals surface area (Å²) in [5, 5.41) is 2.16. The Hall–Kier alpha value is -0.820. The zero-order chi connectivity index (χ0) is 13.9. The molecule has 0 bridgehead atoms. The Bertz CT molecular complexity index is 316. The van der Waals surface area contributed by atoms with E-state index in [0.29, 0.717) is 19.1 Å². The van der Waals surface area contributed by atoms with E-state index < -0.39 is 12.7 Å². The van der Waals surface area contributed by atoms with Crippen LogP contribution in [0.15, 0.2) is 0 Å². The maximum atomic E-state index is 12.0. The van der Waals surface area contributed by atoms with Crippen molar-refractivity contribution in [1.29, 1.82) is 0 Å². The van der Waals surface area contributed by atoms with Crippen LogP contribution in [0.25, 0.3) is 0 Å². The highest BCUT2D eigenvalue weighted by Crippen LogP contribution is 2.20. The molecule has 0 spiro atoms. The Morgan fingerprint density at radius 1 is 1.21 bits per heavy atom. The number of hydrogen-bond donors (Lipinski definition) is 1. The second-order valence-electron chi connectivity index (χ2n) is 5.24. The largest absolute Gasteiger partial charge is 0.401 e. The van der Waals surface area contributed by atoms with Gasteiger partial charge in [0.2, 0.25) is 5.91 Å². The molecule has 2 rings (SSSR count). The van der Waals surface area contributed by atoms with E-state index in [4.69, 9.17) is 0 Å². The molecule has 0 aromatic heterocycles. The lowest BCUT2D eigenvalue weighted by Crippen LogP contribution is -2.42. The molecule has 0 aromatic carbocycles.